The van der Waals surface area contributed by atoms with Crippen LogP contribution in [0.3, 0.4) is 0 Å². The monoisotopic (exact) mass is 190 g/mol. The van der Waals surface area contributed by atoms with Gasteiger partial charge in [-0.15, -0.1) is 0 Å². The van der Waals surface area contributed by atoms with Gasteiger partial charge in [0.05, 0.1) is 30.6 Å². The largest absolute Gasteiger partial charge is 0.381 e. The van der Waals surface area contributed by atoms with Crippen LogP contribution in [0.2, 0.25) is 0 Å². The molecule has 14 heavy (non-hydrogen) atoms. The van der Waals surface area contributed by atoms with Crippen LogP contribution in [-0.2, 0) is 4.74 Å². The maximum absolute atomic E-state index is 5.47. The van der Waals surface area contributed by atoms with Crippen LogP contribution in [0.5, 0.6) is 0 Å². The average Bonchev–Trinajstić information content (AvgIpc) is 2.29. The molecule has 1 N–H and O–H groups in total. The molecular formula is C11H14N2O. The minimum Gasteiger partial charge on any atom is -0.381 e. The highest BCUT2D eigenvalue weighted by Gasteiger charge is 2.28. The van der Waals surface area contributed by atoms with E-state index in [-0.39, 0.29) is 0 Å². The minimum atomic E-state index is 0.513. The number of nitrogens with one attached hydrogen (secondary N) is 1. The SMILES string of the molecule is c1ccc2c(c1)NCC1COCCN21. The second-order valence-electron chi connectivity index (χ2n) is 3.82. The predicted octanol–water partition coefficient (Wildman–Crippen LogP) is 1.32. The van der Waals surface area contributed by atoms with Gasteiger partial charge in [-0.1, -0.05) is 12.1 Å². The Balaban J connectivity index is 1.99. The zero-order valence-electron chi connectivity index (χ0n) is 8.07. The number of para-hydroxylation sites is 2. The third-order valence-corrected chi connectivity index (χ3v) is 2.97. The molecule has 2 heterocycles. The first-order valence-electron chi connectivity index (χ1n) is 5.12. The minimum absolute atomic E-state index is 0.513. The number of nitrogens with zero attached hydrogens (tertiary/aromatic N) is 1. The highest BCUT2D eigenvalue weighted by Crippen LogP contribution is 2.31. The molecule has 1 atom stereocenters. The Bertz CT molecular complexity index is 340. The highest BCUT2D eigenvalue weighted by molar-refractivity contribution is 5.72. The van der Waals surface area contributed by atoms with Crippen molar-refractivity contribution in [1.29, 1.82) is 0 Å². The van der Waals surface area contributed by atoms with E-state index in [0.29, 0.717) is 6.04 Å². The highest BCUT2D eigenvalue weighted by atomic mass is 16.5. The molecule has 0 aliphatic carbocycles. The molecule has 3 rings (SSSR count). The summed E-state index contributed by atoms with van der Waals surface area (Å²) in [7, 11) is 0. The molecule has 3 heteroatoms. The van der Waals surface area contributed by atoms with Crippen molar-refractivity contribution >= 4 is 11.4 Å². The normalized spacial score (nSPS) is 24.9. The Kier molecular flexibility index (Phi) is 1.84. The van der Waals surface area contributed by atoms with E-state index in [2.05, 4.69) is 34.5 Å². The number of hydrogen-bond donors (Lipinski definition) is 1. The van der Waals surface area contributed by atoms with E-state index < -0.39 is 0 Å². The van der Waals surface area contributed by atoms with E-state index in [1.54, 1.807) is 0 Å². The quantitative estimate of drug-likeness (QED) is 0.667. The van der Waals surface area contributed by atoms with Crippen LogP contribution in [-0.4, -0.2) is 32.3 Å². The molecule has 74 valence electrons. The van der Waals surface area contributed by atoms with Gasteiger partial charge < -0.3 is 15.0 Å². The first kappa shape index (κ1) is 8.12. The van der Waals surface area contributed by atoms with E-state index in [9.17, 15) is 0 Å². The topological polar surface area (TPSA) is 24.5 Å². The molecule has 0 aromatic heterocycles. The van der Waals surface area contributed by atoms with Gasteiger partial charge in [0, 0.05) is 13.1 Å². The van der Waals surface area contributed by atoms with Crippen LogP contribution in [0.4, 0.5) is 11.4 Å². The molecule has 0 spiro atoms. The number of benzene rings is 1. The third kappa shape index (κ3) is 1.16. The number of ether oxygens (including phenoxy) is 1. The maximum Gasteiger partial charge on any atom is 0.0697 e. The molecule has 1 unspecified atom stereocenters. The van der Waals surface area contributed by atoms with Crippen molar-refractivity contribution in [1.82, 2.24) is 0 Å². The van der Waals surface area contributed by atoms with E-state index in [1.807, 2.05) is 0 Å². The Hall–Kier alpha value is -1.22. The lowest BCUT2D eigenvalue weighted by Crippen LogP contribution is -2.51. The lowest BCUT2D eigenvalue weighted by molar-refractivity contribution is 0.0964. The van der Waals surface area contributed by atoms with Gasteiger partial charge in [-0.2, -0.15) is 0 Å². The molecule has 1 aromatic carbocycles. The lowest BCUT2D eigenvalue weighted by atomic mass is 10.1. The molecule has 3 nitrogen and oxygen atoms in total. The summed E-state index contributed by atoms with van der Waals surface area (Å²) in [5.41, 5.74) is 2.58. The van der Waals surface area contributed by atoms with Gasteiger partial charge in [-0.25, -0.2) is 0 Å². The number of hydrogen-bond acceptors (Lipinski definition) is 3. The van der Waals surface area contributed by atoms with Crippen LogP contribution in [0, 0.1) is 0 Å². The van der Waals surface area contributed by atoms with Crippen molar-refractivity contribution in [3.63, 3.8) is 0 Å². The van der Waals surface area contributed by atoms with Crippen molar-refractivity contribution in [2.75, 3.05) is 36.5 Å². The summed E-state index contributed by atoms with van der Waals surface area (Å²) < 4.78 is 5.47. The Morgan fingerprint density at radius 1 is 1.36 bits per heavy atom. The number of morpholine rings is 1. The molecule has 1 fully saturated rings. The van der Waals surface area contributed by atoms with Crippen LogP contribution < -0.4 is 10.2 Å². The lowest BCUT2D eigenvalue weighted by Gasteiger charge is -2.42. The molecule has 0 bridgehead atoms. The fourth-order valence-corrected chi connectivity index (χ4v) is 2.24. The standard InChI is InChI=1S/C11H14N2O/c1-2-4-11-10(3-1)12-7-9-8-14-6-5-13(9)11/h1-4,9,12H,5-8H2. The Labute approximate surface area is 83.7 Å². The molecule has 2 aliphatic heterocycles. The number of anilines is 2. The van der Waals surface area contributed by atoms with Crippen molar-refractivity contribution in [3.05, 3.63) is 24.3 Å². The predicted molar refractivity (Wildman–Crippen MR) is 56.9 cm³/mol. The number of rotatable bonds is 0. The van der Waals surface area contributed by atoms with E-state index in [1.165, 1.54) is 11.4 Å². The molecular weight excluding hydrogens is 176 g/mol. The van der Waals surface area contributed by atoms with Gasteiger partial charge >= 0.3 is 0 Å². The summed E-state index contributed by atoms with van der Waals surface area (Å²) in [4.78, 5) is 2.45. The second-order valence-corrected chi connectivity index (χ2v) is 3.82. The average molecular weight is 190 g/mol. The van der Waals surface area contributed by atoms with Crippen LogP contribution in [0.15, 0.2) is 24.3 Å². The molecule has 1 aromatic rings. The maximum atomic E-state index is 5.47. The third-order valence-electron chi connectivity index (χ3n) is 2.97. The first-order valence-corrected chi connectivity index (χ1v) is 5.12. The summed E-state index contributed by atoms with van der Waals surface area (Å²) in [6.45, 7) is 3.71. The van der Waals surface area contributed by atoms with E-state index in [0.717, 1.165) is 26.3 Å². The van der Waals surface area contributed by atoms with Gasteiger partial charge in [0.2, 0.25) is 0 Å². The van der Waals surface area contributed by atoms with E-state index >= 15 is 0 Å². The molecule has 1 saturated heterocycles. The number of fused-ring (bicyclic) bond motifs is 3. The van der Waals surface area contributed by atoms with Crippen LogP contribution in [0.1, 0.15) is 0 Å². The van der Waals surface area contributed by atoms with Crippen molar-refractivity contribution in [3.8, 4) is 0 Å². The summed E-state index contributed by atoms with van der Waals surface area (Å²) in [5.74, 6) is 0. The fraction of sp³-hybridized carbons (Fsp3) is 0.455. The van der Waals surface area contributed by atoms with Gasteiger partial charge in [-0.3, -0.25) is 0 Å². The molecule has 2 aliphatic rings. The zero-order valence-corrected chi connectivity index (χ0v) is 8.07. The van der Waals surface area contributed by atoms with Gasteiger partial charge in [0.15, 0.2) is 0 Å². The van der Waals surface area contributed by atoms with Gasteiger partial charge in [0.25, 0.3) is 0 Å². The van der Waals surface area contributed by atoms with Crippen molar-refractivity contribution in [2.24, 2.45) is 0 Å². The van der Waals surface area contributed by atoms with Crippen molar-refractivity contribution < 1.29 is 4.74 Å². The summed E-state index contributed by atoms with van der Waals surface area (Å²) in [5, 5.41) is 3.44. The van der Waals surface area contributed by atoms with Gasteiger partial charge in [0.1, 0.15) is 0 Å². The zero-order chi connectivity index (χ0) is 9.38. The summed E-state index contributed by atoms with van der Waals surface area (Å²) >= 11 is 0. The summed E-state index contributed by atoms with van der Waals surface area (Å²) in [6, 6.07) is 9.00. The van der Waals surface area contributed by atoms with Gasteiger partial charge in [-0.05, 0) is 12.1 Å². The molecule has 0 radical (unpaired) electrons. The van der Waals surface area contributed by atoms with Crippen molar-refractivity contribution in [2.45, 2.75) is 6.04 Å². The smallest absolute Gasteiger partial charge is 0.0697 e. The first-order chi connectivity index (χ1) is 6.95. The second kappa shape index (κ2) is 3.17. The Morgan fingerprint density at radius 2 is 2.29 bits per heavy atom. The van der Waals surface area contributed by atoms with Crippen LogP contribution in [0.25, 0.3) is 0 Å². The van der Waals surface area contributed by atoms with Crippen LogP contribution >= 0.6 is 0 Å². The Morgan fingerprint density at radius 3 is 3.29 bits per heavy atom. The molecule has 0 amide bonds. The summed E-state index contributed by atoms with van der Waals surface area (Å²) in [6.07, 6.45) is 0. The fourth-order valence-electron chi connectivity index (χ4n) is 2.24. The van der Waals surface area contributed by atoms with E-state index in [4.69, 9.17) is 4.74 Å². The molecule has 0 saturated carbocycles.